The Morgan fingerprint density at radius 2 is 1.73 bits per heavy atom. The minimum atomic E-state index is -4.62. The van der Waals surface area contributed by atoms with Gasteiger partial charge in [0.25, 0.3) is 0 Å². The van der Waals surface area contributed by atoms with Crippen molar-refractivity contribution in [1.82, 2.24) is 41.0 Å². The van der Waals surface area contributed by atoms with Gasteiger partial charge in [-0.1, -0.05) is 83.1 Å². The molecule has 0 spiro atoms. The molecule has 2 heterocycles. The average Bonchev–Trinajstić information content (AvgIpc) is 3.83. The number of carbonyl (C=O) groups is 3. The number of para-hydroxylation sites is 1. The number of alkyl halides is 3. The standard InChI is InChI=1S/C40H50F4N8O3S/c1-5-24(3)33(49-32(53)20-26-12-7-8-15-30(26)41)36(54)51-39(17-16-31-28(21-39)27-13-11-14-29(35(27)48-31)40(42,43)44)38(55)50-34(25(4)6-2)37(56)46-18-9-10-19-52-23-45-22-47-52/h7-8,11-15,22-25,33-34,48H,5-6,9-10,16-21H2,1-4H3,(H,46,56)(H,49,53)(H,50,55)(H,51,54)/t24?,25?,33-,34-,39+/m0/s1. The maximum Gasteiger partial charge on any atom is 0.418 e. The lowest BCUT2D eigenvalue weighted by atomic mass is 9.78. The highest BCUT2D eigenvalue weighted by Crippen LogP contribution is 2.40. The molecule has 0 saturated heterocycles. The van der Waals surface area contributed by atoms with Crippen LogP contribution in [0.2, 0.25) is 0 Å². The number of rotatable bonds is 17. The number of amides is 3. The van der Waals surface area contributed by atoms with Gasteiger partial charge in [0.05, 0.1) is 28.5 Å². The van der Waals surface area contributed by atoms with E-state index in [1.807, 2.05) is 20.8 Å². The Bertz CT molecular complexity index is 2000. The summed E-state index contributed by atoms with van der Waals surface area (Å²) in [7, 11) is 0. The normalized spacial score (nSPS) is 17.6. The van der Waals surface area contributed by atoms with Crippen molar-refractivity contribution in [2.45, 2.75) is 109 Å². The van der Waals surface area contributed by atoms with Crippen LogP contribution in [0.4, 0.5) is 17.6 Å². The highest BCUT2D eigenvalue weighted by Gasteiger charge is 2.47. The quantitative estimate of drug-likeness (QED) is 0.0504. The number of hydrogen-bond acceptors (Lipinski definition) is 6. The molecule has 5 N–H and O–H groups in total. The molecule has 0 saturated carbocycles. The largest absolute Gasteiger partial charge is 0.418 e. The van der Waals surface area contributed by atoms with E-state index >= 15 is 0 Å². The molecule has 0 bridgehead atoms. The zero-order valence-corrected chi connectivity index (χ0v) is 32.9. The molecule has 4 aromatic rings. The number of fused-ring (bicyclic) bond motifs is 3. The molecule has 0 fully saturated rings. The molecular weight excluding hydrogens is 749 g/mol. The third-order valence-corrected chi connectivity index (χ3v) is 11.3. The Kier molecular flexibility index (Phi) is 13.9. The minimum Gasteiger partial charge on any atom is -0.378 e. The molecule has 0 radical (unpaired) electrons. The van der Waals surface area contributed by atoms with Crippen LogP contribution in [-0.2, 0) is 46.4 Å². The van der Waals surface area contributed by atoms with Gasteiger partial charge in [0, 0.05) is 30.6 Å². The summed E-state index contributed by atoms with van der Waals surface area (Å²) in [5.41, 5.74) is -1.34. The van der Waals surface area contributed by atoms with Crippen molar-refractivity contribution >= 4 is 45.8 Å². The van der Waals surface area contributed by atoms with Crippen LogP contribution in [0.25, 0.3) is 10.9 Å². The highest BCUT2D eigenvalue weighted by molar-refractivity contribution is 7.80. The van der Waals surface area contributed by atoms with E-state index in [9.17, 15) is 31.9 Å². The fourth-order valence-electron chi connectivity index (χ4n) is 7.17. The van der Waals surface area contributed by atoms with Crippen molar-refractivity contribution in [1.29, 1.82) is 0 Å². The van der Waals surface area contributed by atoms with Crippen LogP contribution in [0.15, 0.2) is 55.1 Å². The number of benzene rings is 2. The van der Waals surface area contributed by atoms with E-state index in [1.165, 1.54) is 30.6 Å². The topological polar surface area (TPSA) is 146 Å². The van der Waals surface area contributed by atoms with Gasteiger partial charge in [-0.15, -0.1) is 0 Å². The van der Waals surface area contributed by atoms with E-state index in [0.29, 0.717) is 47.6 Å². The van der Waals surface area contributed by atoms with Crippen LogP contribution in [-0.4, -0.2) is 66.6 Å². The molecule has 5 rings (SSSR count). The van der Waals surface area contributed by atoms with E-state index in [0.717, 1.165) is 18.9 Å². The van der Waals surface area contributed by atoms with Crippen LogP contribution >= 0.6 is 12.2 Å². The second kappa shape index (κ2) is 18.4. The van der Waals surface area contributed by atoms with E-state index in [1.54, 1.807) is 30.1 Å². The van der Waals surface area contributed by atoms with Crippen LogP contribution in [0, 0.1) is 17.7 Å². The maximum atomic E-state index is 14.8. The molecule has 11 nitrogen and oxygen atoms in total. The van der Waals surface area contributed by atoms with Gasteiger partial charge in [0.15, 0.2) is 0 Å². The second-order valence-corrected chi connectivity index (χ2v) is 15.2. The summed E-state index contributed by atoms with van der Waals surface area (Å²) >= 11 is 5.83. The van der Waals surface area contributed by atoms with E-state index in [4.69, 9.17) is 12.2 Å². The zero-order chi connectivity index (χ0) is 40.6. The lowest BCUT2D eigenvalue weighted by Gasteiger charge is -2.40. The minimum absolute atomic E-state index is 0.0534. The number of aromatic amines is 1. The number of unbranched alkanes of at least 4 members (excludes halogenated alkanes) is 1. The van der Waals surface area contributed by atoms with Gasteiger partial charge < -0.3 is 26.3 Å². The predicted molar refractivity (Wildman–Crippen MR) is 209 cm³/mol. The third-order valence-electron chi connectivity index (χ3n) is 10.9. The molecule has 2 aromatic heterocycles. The Labute approximate surface area is 329 Å². The molecule has 56 heavy (non-hydrogen) atoms. The summed E-state index contributed by atoms with van der Waals surface area (Å²) in [5, 5.41) is 16.6. The van der Waals surface area contributed by atoms with Gasteiger partial charge >= 0.3 is 6.18 Å². The monoisotopic (exact) mass is 798 g/mol. The van der Waals surface area contributed by atoms with Crippen LogP contribution in [0.1, 0.15) is 82.2 Å². The van der Waals surface area contributed by atoms with Crippen molar-refractivity contribution in [3.63, 3.8) is 0 Å². The van der Waals surface area contributed by atoms with E-state index in [-0.39, 0.29) is 42.7 Å². The molecule has 2 unspecified atom stereocenters. The van der Waals surface area contributed by atoms with Crippen LogP contribution in [0.3, 0.4) is 0 Å². The van der Waals surface area contributed by atoms with Crippen LogP contribution < -0.4 is 21.3 Å². The first-order valence-electron chi connectivity index (χ1n) is 19.1. The predicted octanol–water partition coefficient (Wildman–Crippen LogP) is 5.96. The SMILES string of the molecule is CCC(C)[C@H](NC(=O)Cc1ccccc1F)C(=O)N[C@]1(C(=O)N[C@H](C(=S)NCCCCn2cncn2)C(C)CC)CCc2[nH]c3c(C(F)(F)F)cccc3c2C1. The Morgan fingerprint density at radius 3 is 2.41 bits per heavy atom. The second-order valence-electron chi connectivity index (χ2n) is 14.7. The molecule has 5 atom stereocenters. The number of carbonyl (C=O) groups excluding carboxylic acids is 3. The maximum absolute atomic E-state index is 14.8. The molecule has 1 aliphatic rings. The van der Waals surface area contributed by atoms with Crippen molar-refractivity contribution < 1.29 is 31.9 Å². The average molecular weight is 799 g/mol. The first-order valence-corrected chi connectivity index (χ1v) is 19.5. The molecular formula is C40H50F4N8O3S. The molecule has 3 amide bonds. The third kappa shape index (κ3) is 9.92. The molecule has 0 aliphatic heterocycles. The Hall–Kier alpha value is -4.86. The summed E-state index contributed by atoms with van der Waals surface area (Å²) < 4.78 is 58.5. The summed E-state index contributed by atoms with van der Waals surface area (Å²) in [4.78, 5) is 49.8. The molecule has 1 aliphatic carbocycles. The number of nitrogens with one attached hydrogen (secondary N) is 5. The summed E-state index contributed by atoms with van der Waals surface area (Å²) in [6.45, 7) is 8.79. The summed E-state index contributed by atoms with van der Waals surface area (Å²) in [6, 6.07) is 8.04. The fourth-order valence-corrected chi connectivity index (χ4v) is 7.56. The van der Waals surface area contributed by atoms with Crippen molar-refractivity contribution in [2.75, 3.05) is 6.54 Å². The zero-order valence-electron chi connectivity index (χ0n) is 32.1. The number of aromatic nitrogens is 4. The molecule has 16 heteroatoms. The summed E-state index contributed by atoms with van der Waals surface area (Å²) in [6.07, 6.45) is 1.01. The lowest BCUT2D eigenvalue weighted by molar-refractivity contribution is -0.137. The first-order chi connectivity index (χ1) is 26.7. The van der Waals surface area contributed by atoms with Gasteiger partial charge in [0.2, 0.25) is 17.7 Å². The van der Waals surface area contributed by atoms with Gasteiger partial charge in [-0.25, -0.2) is 9.37 Å². The van der Waals surface area contributed by atoms with Gasteiger partial charge in [0.1, 0.15) is 30.1 Å². The summed E-state index contributed by atoms with van der Waals surface area (Å²) in [5.74, 6) is -2.82. The highest BCUT2D eigenvalue weighted by atomic mass is 32.1. The van der Waals surface area contributed by atoms with Crippen molar-refractivity contribution in [3.05, 3.63) is 83.3 Å². The van der Waals surface area contributed by atoms with Gasteiger partial charge in [-0.05, 0) is 60.8 Å². The Balaban J connectivity index is 1.43. The van der Waals surface area contributed by atoms with Gasteiger partial charge in [-0.2, -0.15) is 18.3 Å². The smallest absolute Gasteiger partial charge is 0.378 e. The number of aryl methyl sites for hydroxylation is 2. The lowest BCUT2D eigenvalue weighted by Crippen LogP contribution is -2.67. The number of nitrogens with zero attached hydrogens (tertiary/aromatic N) is 3. The number of H-pyrrole nitrogens is 1. The number of hydrogen-bond donors (Lipinski definition) is 5. The van der Waals surface area contributed by atoms with E-state index < -0.39 is 58.8 Å². The van der Waals surface area contributed by atoms with E-state index in [2.05, 4.69) is 36.3 Å². The van der Waals surface area contributed by atoms with Crippen molar-refractivity contribution in [3.8, 4) is 0 Å². The number of halogens is 4. The van der Waals surface area contributed by atoms with Gasteiger partial charge in [-0.3, -0.25) is 19.1 Å². The molecule has 2 aromatic carbocycles. The number of thiocarbonyl (C=S) groups is 1. The first kappa shape index (κ1) is 42.3. The van der Waals surface area contributed by atoms with Crippen LogP contribution in [0.5, 0.6) is 0 Å². The fraction of sp³-hybridized carbons (Fsp3) is 0.500. The van der Waals surface area contributed by atoms with Crippen molar-refractivity contribution in [2.24, 2.45) is 11.8 Å². The molecule has 302 valence electrons. The Morgan fingerprint density at radius 1 is 1.00 bits per heavy atom.